The zero-order chi connectivity index (χ0) is 26.3. The molecule has 0 aromatic heterocycles. The average molecular weight is 521 g/mol. The highest BCUT2D eigenvalue weighted by Crippen LogP contribution is 2.48. The number of carboxylic acid groups (broad SMARTS) is 1. The van der Waals surface area contributed by atoms with E-state index in [9.17, 15) is 30.8 Å². The van der Waals surface area contributed by atoms with Gasteiger partial charge in [-0.2, -0.15) is 13.2 Å². The van der Waals surface area contributed by atoms with E-state index in [1.807, 2.05) is 0 Å². The second-order valence-corrected chi connectivity index (χ2v) is 9.31. The quantitative estimate of drug-likeness (QED) is 0.344. The van der Waals surface area contributed by atoms with Crippen LogP contribution in [0.1, 0.15) is 24.8 Å². The number of benzene rings is 2. The molecule has 0 bridgehead atoms. The molecule has 3 N–H and O–H groups in total. The van der Waals surface area contributed by atoms with Crippen molar-refractivity contribution in [1.29, 1.82) is 0 Å². The van der Waals surface area contributed by atoms with Crippen LogP contribution in [0.25, 0.3) is 0 Å². The van der Waals surface area contributed by atoms with E-state index in [0.717, 1.165) is 37.0 Å². The number of ether oxygens (including phenoxy) is 1. The van der Waals surface area contributed by atoms with Gasteiger partial charge in [-0.1, -0.05) is 12.1 Å². The summed E-state index contributed by atoms with van der Waals surface area (Å²) < 4.78 is 76.9. The summed E-state index contributed by atoms with van der Waals surface area (Å²) in [5.41, 5.74) is 0.715. The number of amides is 1. The van der Waals surface area contributed by atoms with Gasteiger partial charge in [-0.15, -0.1) is 0 Å². The van der Waals surface area contributed by atoms with Crippen LogP contribution in [-0.4, -0.2) is 51.8 Å². The number of halogens is 4. The zero-order valence-electron chi connectivity index (χ0n) is 18.6. The maximum absolute atomic E-state index is 13.0. The summed E-state index contributed by atoms with van der Waals surface area (Å²) in [6.07, 6.45) is -2.80. The first kappa shape index (κ1) is 28.1. The number of anilines is 1. The molecule has 1 fully saturated rings. The van der Waals surface area contributed by atoms with Crippen LogP contribution in [-0.2, 0) is 29.8 Å². The minimum absolute atomic E-state index is 0.0109. The minimum atomic E-state index is -5.08. The summed E-state index contributed by atoms with van der Waals surface area (Å²) in [5, 5.41) is 10.1. The molecule has 3 rings (SSSR count). The van der Waals surface area contributed by atoms with Crippen molar-refractivity contribution < 1.29 is 45.4 Å². The van der Waals surface area contributed by atoms with Gasteiger partial charge in [0.05, 0.1) is 10.3 Å². The third-order valence-corrected chi connectivity index (χ3v) is 6.45. The number of alkyl halides is 3. The Kier molecular flexibility index (Phi) is 9.21. The summed E-state index contributed by atoms with van der Waals surface area (Å²) in [6, 6.07) is 11.4. The highest BCUT2D eigenvalue weighted by Gasteiger charge is 2.51. The second-order valence-electron chi connectivity index (χ2n) is 7.62. The normalized spacial score (nSPS) is 14.3. The molecule has 1 aliphatic rings. The monoisotopic (exact) mass is 520 g/mol. The lowest BCUT2D eigenvalue weighted by Gasteiger charge is -2.16. The van der Waals surface area contributed by atoms with Crippen molar-refractivity contribution in [3.8, 4) is 0 Å². The van der Waals surface area contributed by atoms with E-state index < -0.39 is 33.4 Å². The predicted molar refractivity (Wildman–Crippen MR) is 118 cm³/mol. The summed E-state index contributed by atoms with van der Waals surface area (Å²) >= 11 is 0. The SMILES string of the molecule is COCCCNC(=O)C1(c2ccc(NS(=O)(=O)c3ccc(F)cc3)cc2)CC1.O=C(O)C(F)(F)F. The maximum Gasteiger partial charge on any atom is 0.490 e. The summed E-state index contributed by atoms with van der Waals surface area (Å²) in [7, 11) is -2.18. The molecule has 1 amide bonds. The molecule has 0 radical (unpaired) electrons. The number of nitrogens with one attached hydrogen (secondary N) is 2. The van der Waals surface area contributed by atoms with Crippen molar-refractivity contribution >= 4 is 27.6 Å². The lowest BCUT2D eigenvalue weighted by atomic mass is 9.95. The Hall–Kier alpha value is -3.19. The van der Waals surface area contributed by atoms with E-state index in [0.29, 0.717) is 18.8 Å². The zero-order valence-corrected chi connectivity index (χ0v) is 19.4. The van der Waals surface area contributed by atoms with E-state index in [-0.39, 0.29) is 10.8 Å². The van der Waals surface area contributed by atoms with Gasteiger partial charge in [0.25, 0.3) is 10.0 Å². The van der Waals surface area contributed by atoms with E-state index in [1.54, 1.807) is 31.4 Å². The fourth-order valence-corrected chi connectivity index (χ4v) is 4.10. The van der Waals surface area contributed by atoms with E-state index in [2.05, 4.69) is 10.0 Å². The molecule has 0 unspecified atom stereocenters. The van der Waals surface area contributed by atoms with E-state index >= 15 is 0 Å². The van der Waals surface area contributed by atoms with Gasteiger partial charge in [0.15, 0.2) is 0 Å². The van der Waals surface area contributed by atoms with Gasteiger partial charge in [-0.05, 0) is 61.2 Å². The number of carbonyl (C=O) groups excluding carboxylic acids is 1. The van der Waals surface area contributed by atoms with Gasteiger partial charge in [-0.3, -0.25) is 9.52 Å². The Morgan fingerprint density at radius 2 is 1.60 bits per heavy atom. The van der Waals surface area contributed by atoms with Crippen LogP contribution < -0.4 is 10.0 Å². The molecule has 35 heavy (non-hydrogen) atoms. The lowest BCUT2D eigenvalue weighted by molar-refractivity contribution is -0.192. The summed E-state index contributed by atoms with van der Waals surface area (Å²) in [5.74, 6) is -3.27. The van der Waals surface area contributed by atoms with Crippen molar-refractivity contribution in [1.82, 2.24) is 5.32 Å². The van der Waals surface area contributed by atoms with Gasteiger partial charge < -0.3 is 15.2 Å². The Balaban J connectivity index is 0.000000540. The van der Waals surface area contributed by atoms with Crippen LogP contribution >= 0.6 is 0 Å². The van der Waals surface area contributed by atoms with Crippen LogP contribution in [0.5, 0.6) is 0 Å². The molecule has 8 nitrogen and oxygen atoms in total. The van der Waals surface area contributed by atoms with Crippen LogP contribution in [0.2, 0.25) is 0 Å². The van der Waals surface area contributed by atoms with Crippen molar-refractivity contribution in [2.45, 2.75) is 35.7 Å². The molecule has 2 aromatic rings. The lowest BCUT2D eigenvalue weighted by Crippen LogP contribution is -2.35. The Morgan fingerprint density at radius 1 is 1.06 bits per heavy atom. The molecule has 1 saturated carbocycles. The molecule has 1 aliphatic carbocycles. The second kappa shape index (κ2) is 11.5. The Morgan fingerprint density at radius 3 is 2.06 bits per heavy atom. The molecule has 0 aliphatic heterocycles. The van der Waals surface area contributed by atoms with Crippen molar-refractivity contribution in [3.05, 3.63) is 59.9 Å². The van der Waals surface area contributed by atoms with Gasteiger partial charge in [0.1, 0.15) is 5.82 Å². The van der Waals surface area contributed by atoms with Gasteiger partial charge in [0, 0.05) is 25.9 Å². The molecule has 2 aromatic carbocycles. The average Bonchev–Trinajstić information content (AvgIpc) is 3.59. The van der Waals surface area contributed by atoms with Crippen molar-refractivity contribution in [3.63, 3.8) is 0 Å². The van der Waals surface area contributed by atoms with Crippen molar-refractivity contribution in [2.24, 2.45) is 0 Å². The number of sulfonamides is 1. The number of rotatable bonds is 9. The molecule has 0 atom stereocenters. The molecular formula is C22H24F4N2O6S. The van der Waals surface area contributed by atoms with Gasteiger partial charge >= 0.3 is 12.1 Å². The fourth-order valence-electron chi connectivity index (χ4n) is 3.04. The summed E-state index contributed by atoms with van der Waals surface area (Å²) in [6.45, 7) is 1.15. The number of hydrogen-bond donors (Lipinski definition) is 3. The highest BCUT2D eigenvalue weighted by atomic mass is 32.2. The minimum Gasteiger partial charge on any atom is -0.475 e. The first-order chi connectivity index (χ1) is 16.3. The number of methoxy groups -OCH3 is 1. The topological polar surface area (TPSA) is 122 Å². The third-order valence-electron chi connectivity index (χ3n) is 5.05. The number of carbonyl (C=O) groups is 2. The van der Waals surface area contributed by atoms with Gasteiger partial charge in [-0.25, -0.2) is 17.6 Å². The standard InChI is InChI=1S/C20H23FN2O4S.C2HF3O2/c1-27-14-2-13-22-19(24)20(11-12-20)15-3-7-17(8-4-15)23-28(25,26)18-9-5-16(21)6-10-18;3-2(4,5)1(6)7/h3-10,23H,2,11-14H2,1H3,(H,22,24);(H,6,7). The number of hydrogen-bond acceptors (Lipinski definition) is 5. The van der Waals surface area contributed by atoms with E-state index in [1.165, 1.54) is 12.1 Å². The van der Waals surface area contributed by atoms with Crippen LogP contribution in [0.3, 0.4) is 0 Å². The van der Waals surface area contributed by atoms with E-state index in [4.69, 9.17) is 14.6 Å². The molecule has 0 heterocycles. The number of aliphatic carboxylic acids is 1. The molecule has 0 saturated heterocycles. The van der Waals surface area contributed by atoms with Crippen LogP contribution in [0.4, 0.5) is 23.2 Å². The van der Waals surface area contributed by atoms with Crippen LogP contribution in [0.15, 0.2) is 53.4 Å². The highest BCUT2D eigenvalue weighted by molar-refractivity contribution is 7.92. The largest absolute Gasteiger partial charge is 0.490 e. The molecular weight excluding hydrogens is 496 g/mol. The predicted octanol–water partition coefficient (Wildman–Crippen LogP) is 3.44. The van der Waals surface area contributed by atoms with Crippen molar-refractivity contribution in [2.75, 3.05) is 25.0 Å². The third kappa shape index (κ3) is 7.92. The number of carboxylic acids is 1. The summed E-state index contributed by atoms with van der Waals surface area (Å²) in [4.78, 5) is 21.4. The first-order valence-corrected chi connectivity index (χ1v) is 11.8. The first-order valence-electron chi connectivity index (χ1n) is 10.3. The van der Waals surface area contributed by atoms with Gasteiger partial charge in [0.2, 0.25) is 5.91 Å². The van der Waals surface area contributed by atoms with Crippen LogP contribution in [0, 0.1) is 5.82 Å². The molecule has 0 spiro atoms. The smallest absolute Gasteiger partial charge is 0.475 e. The molecule has 192 valence electrons. The fraction of sp³-hybridized carbons (Fsp3) is 0.364. The Labute approximate surface area is 199 Å². The maximum atomic E-state index is 13.0. The Bertz CT molecular complexity index is 1120. The molecule has 13 heteroatoms.